The largest absolute Gasteiger partial charge is 0.409 e. The summed E-state index contributed by atoms with van der Waals surface area (Å²) < 4.78 is 1.80. The summed E-state index contributed by atoms with van der Waals surface area (Å²) in [5, 5.41) is 22.1. The topological polar surface area (TPSA) is 101 Å². The van der Waals surface area contributed by atoms with Gasteiger partial charge in [-0.2, -0.15) is 0 Å². The van der Waals surface area contributed by atoms with Crippen molar-refractivity contribution in [2.24, 2.45) is 10.9 Å². The van der Waals surface area contributed by atoms with E-state index in [-0.39, 0.29) is 5.84 Å². The highest BCUT2D eigenvalue weighted by molar-refractivity contribution is 5.79. The lowest BCUT2D eigenvalue weighted by Gasteiger charge is -2.04. The number of amidine groups is 1. The van der Waals surface area contributed by atoms with Crippen LogP contribution in [0.1, 0.15) is 19.3 Å². The Morgan fingerprint density at radius 2 is 2.25 bits per heavy atom. The average Bonchev–Trinajstić information content (AvgIpc) is 2.80. The van der Waals surface area contributed by atoms with Crippen LogP contribution in [0.4, 0.5) is 0 Å². The van der Waals surface area contributed by atoms with E-state index in [1.165, 1.54) is 0 Å². The minimum Gasteiger partial charge on any atom is -0.409 e. The van der Waals surface area contributed by atoms with Crippen molar-refractivity contribution in [3.63, 3.8) is 0 Å². The molecule has 0 aliphatic rings. The zero-order chi connectivity index (χ0) is 11.6. The minimum atomic E-state index is 0.282. The molecule has 1 aromatic heterocycles. The van der Waals surface area contributed by atoms with E-state index in [0.29, 0.717) is 6.42 Å². The minimum absolute atomic E-state index is 0.282. The van der Waals surface area contributed by atoms with Crippen LogP contribution in [0.3, 0.4) is 0 Å². The van der Waals surface area contributed by atoms with Gasteiger partial charge >= 0.3 is 0 Å². The molecule has 0 unspecified atom stereocenters. The molecular weight excluding hydrogens is 208 g/mol. The molecule has 0 fully saturated rings. The van der Waals surface area contributed by atoms with Gasteiger partial charge in [-0.1, -0.05) is 10.4 Å². The van der Waals surface area contributed by atoms with Crippen LogP contribution in [0.15, 0.2) is 17.5 Å². The molecule has 0 aromatic carbocycles. The molecule has 0 bridgehead atoms. The molecule has 1 heterocycles. The Hall–Kier alpha value is -1.63. The van der Waals surface area contributed by atoms with Crippen molar-refractivity contribution in [2.75, 3.05) is 13.1 Å². The number of nitrogens with zero attached hydrogens (tertiary/aromatic N) is 4. The van der Waals surface area contributed by atoms with Gasteiger partial charge in [-0.3, -0.25) is 4.68 Å². The first-order valence-corrected chi connectivity index (χ1v) is 5.34. The summed E-state index contributed by atoms with van der Waals surface area (Å²) in [7, 11) is 0. The first-order valence-electron chi connectivity index (χ1n) is 5.34. The van der Waals surface area contributed by atoms with Crippen LogP contribution in [-0.4, -0.2) is 39.1 Å². The van der Waals surface area contributed by atoms with Gasteiger partial charge in [0.25, 0.3) is 0 Å². The molecule has 0 saturated carbocycles. The lowest BCUT2D eigenvalue weighted by molar-refractivity contribution is 0.316. The molecule has 0 radical (unpaired) electrons. The van der Waals surface area contributed by atoms with Gasteiger partial charge in [0.2, 0.25) is 0 Å². The highest BCUT2D eigenvalue weighted by Crippen LogP contribution is 1.88. The normalized spacial score (nSPS) is 11.9. The van der Waals surface area contributed by atoms with E-state index in [1.807, 2.05) is 6.20 Å². The van der Waals surface area contributed by atoms with Gasteiger partial charge in [0.1, 0.15) is 5.84 Å². The fourth-order valence-electron chi connectivity index (χ4n) is 1.29. The predicted molar refractivity (Wildman–Crippen MR) is 60.2 cm³/mol. The average molecular weight is 226 g/mol. The van der Waals surface area contributed by atoms with E-state index < -0.39 is 0 Å². The lowest BCUT2D eigenvalue weighted by Crippen LogP contribution is -2.20. The van der Waals surface area contributed by atoms with Gasteiger partial charge in [-0.05, 0) is 25.9 Å². The first-order chi connectivity index (χ1) is 7.83. The van der Waals surface area contributed by atoms with Gasteiger partial charge in [0.05, 0.1) is 6.20 Å². The third-order valence-corrected chi connectivity index (χ3v) is 2.13. The second-order valence-corrected chi connectivity index (χ2v) is 3.46. The fraction of sp³-hybridized carbons (Fsp3) is 0.667. The highest BCUT2D eigenvalue weighted by Gasteiger charge is 1.94. The van der Waals surface area contributed by atoms with Crippen LogP contribution in [0, 0.1) is 0 Å². The molecule has 0 spiro atoms. The number of nitrogens with two attached hydrogens (primary N) is 1. The van der Waals surface area contributed by atoms with E-state index in [9.17, 15) is 0 Å². The van der Waals surface area contributed by atoms with Gasteiger partial charge in [0, 0.05) is 19.2 Å². The van der Waals surface area contributed by atoms with Crippen LogP contribution >= 0.6 is 0 Å². The Balaban J connectivity index is 1.89. The van der Waals surface area contributed by atoms with Crippen molar-refractivity contribution in [1.82, 2.24) is 20.3 Å². The van der Waals surface area contributed by atoms with E-state index >= 15 is 0 Å². The Bertz CT molecular complexity index is 297. The van der Waals surface area contributed by atoms with Crippen LogP contribution in [0.5, 0.6) is 0 Å². The Labute approximate surface area is 94.3 Å². The maximum absolute atomic E-state index is 8.31. The van der Waals surface area contributed by atoms with Crippen molar-refractivity contribution in [1.29, 1.82) is 0 Å². The van der Waals surface area contributed by atoms with Crippen molar-refractivity contribution in [3.05, 3.63) is 12.4 Å². The van der Waals surface area contributed by atoms with E-state index in [0.717, 1.165) is 32.5 Å². The Kier molecular flexibility index (Phi) is 5.94. The molecule has 0 saturated heterocycles. The van der Waals surface area contributed by atoms with E-state index in [1.54, 1.807) is 10.9 Å². The monoisotopic (exact) mass is 226 g/mol. The quantitative estimate of drug-likeness (QED) is 0.187. The number of oxime groups is 1. The van der Waals surface area contributed by atoms with Gasteiger partial charge in [-0.15, -0.1) is 5.10 Å². The standard InChI is InChI=1S/C9H18N6O/c10-9(13-16)3-1-4-11-5-2-7-15-8-6-12-14-15/h6,8,11,16H,1-5,7H2,(H2,10,13). The van der Waals surface area contributed by atoms with Crippen molar-refractivity contribution >= 4 is 5.84 Å². The predicted octanol–water partition coefficient (Wildman–Crippen LogP) is -0.216. The van der Waals surface area contributed by atoms with Crippen LogP contribution < -0.4 is 11.1 Å². The molecule has 0 aliphatic carbocycles. The summed E-state index contributed by atoms with van der Waals surface area (Å²) >= 11 is 0. The van der Waals surface area contributed by atoms with Crippen molar-refractivity contribution < 1.29 is 5.21 Å². The molecule has 0 aliphatic heterocycles. The molecule has 90 valence electrons. The summed E-state index contributed by atoms with van der Waals surface area (Å²) in [6.07, 6.45) is 6.02. The molecule has 0 atom stereocenters. The number of rotatable bonds is 8. The van der Waals surface area contributed by atoms with Crippen LogP contribution in [-0.2, 0) is 6.54 Å². The third kappa shape index (κ3) is 5.30. The molecule has 16 heavy (non-hydrogen) atoms. The van der Waals surface area contributed by atoms with Gasteiger partial charge in [0.15, 0.2) is 0 Å². The molecular formula is C9H18N6O. The lowest BCUT2D eigenvalue weighted by atomic mass is 10.3. The summed E-state index contributed by atoms with van der Waals surface area (Å²) in [5.74, 6) is 0.282. The maximum Gasteiger partial charge on any atom is 0.139 e. The zero-order valence-corrected chi connectivity index (χ0v) is 9.21. The Morgan fingerprint density at radius 1 is 1.44 bits per heavy atom. The molecule has 0 amide bonds. The summed E-state index contributed by atoms with van der Waals surface area (Å²) in [4.78, 5) is 0. The van der Waals surface area contributed by atoms with Crippen LogP contribution in [0.2, 0.25) is 0 Å². The van der Waals surface area contributed by atoms with E-state index in [2.05, 4.69) is 20.8 Å². The van der Waals surface area contributed by atoms with Gasteiger partial charge < -0.3 is 16.3 Å². The summed E-state index contributed by atoms with van der Waals surface area (Å²) in [6.45, 7) is 2.66. The second kappa shape index (κ2) is 7.63. The fourth-order valence-corrected chi connectivity index (χ4v) is 1.29. The van der Waals surface area contributed by atoms with Crippen molar-refractivity contribution in [3.8, 4) is 0 Å². The number of aromatic nitrogens is 3. The molecule has 4 N–H and O–H groups in total. The molecule has 1 rings (SSSR count). The number of hydrogen-bond donors (Lipinski definition) is 3. The Morgan fingerprint density at radius 3 is 2.94 bits per heavy atom. The number of aryl methyl sites for hydroxylation is 1. The van der Waals surface area contributed by atoms with Crippen molar-refractivity contribution in [2.45, 2.75) is 25.8 Å². The number of nitrogens with one attached hydrogen (secondary N) is 1. The molecule has 7 nitrogen and oxygen atoms in total. The van der Waals surface area contributed by atoms with Gasteiger partial charge in [-0.25, -0.2) is 0 Å². The second-order valence-electron chi connectivity index (χ2n) is 3.46. The number of hydrogen-bond acceptors (Lipinski definition) is 5. The highest BCUT2D eigenvalue weighted by atomic mass is 16.4. The zero-order valence-electron chi connectivity index (χ0n) is 9.21. The third-order valence-electron chi connectivity index (χ3n) is 2.13. The van der Waals surface area contributed by atoms with E-state index in [4.69, 9.17) is 10.9 Å². The SMILES string of the molecule is N/C(CCCNCCCn1ccnn1)=N/O. The smallest absolute Gasteiger partial charge is 0.139 e. The summed E-state index contributed by atoms with van der Waals surface area (Å²) in [6, 6.07) is 0. The maximum atomic E-state index is 8.31. The molecule has 1 aromatic rings. The van der Waals surface area contributed by atoms with Crippen LogP contribution in [0.25, 0.3) is 0 Å². The summed E-state index contributed by atoms with van der Waals surface area (Å²) in [5.41, 5.74) is 5.33. The molecule has 7 heteroatoms. The first kappa shape index (κ1) is 12.4.